The molecule has 1 saturated carbocycles. The van der Waals surface area contributed by atoms with Crippen molar-refractivity contribution in [2.45, 2.75) is 57.3 Å². The highest BCUT2D eigenvalue weighted by molar-refractivity contribution is 5.76. The smallest absolute Gasteiger partial charge is 0.372 e. The standard InChI is InChI=1S/C13H23F3N2O2/c1-2-18(11-5-3-10(17)4-6-11)12(19)7-8-20-9-13(14,15)16/h10-11H,2-9,17H2,1H3. The van der Waals surface area contributed by atoms with Gasteiger partial charge >= 0.3 is 6.18 Å². The van der Waals surface area contributed by atoms with Crippen molar-refractivity contribution in [1.82, 2.24) is 4.90 Å². The van der Waals surface area contributed by atoms with Crippen LogP contribution in [0.3, 0.4) is 0 Å². The molecule has 0 atom stereocenters. The van der Waals surface area contributed by atoms with E-state index in [2.05, 4.69) is 4.74 Å². The Balaban J connectivity index is 2.32. The van der Waals surface area contributed by atoms with Gasteiger partial charge in [-0.2, -0.15) is 13.2 Å². The van der Waals surface area contributed by atoms with Crippen molar-refractivity contribution in [3.63, 3.8) is 0 Å². The molecular formula is C13H23F3N2O2. The SMILES string of the molecule is CCN(C(=O)CCOCC(F)(F)F)C1CCC(N)CC1. The van der Waals surface area contributed by atoms with Crippen molar-refractivity contribution in [1.29, 1.82) is 0 Å². The molecule has 1 aliphatic carbocycles. The number of nitrogens with zero attached hydrogens (tertiary/aromatic N) is 1. The maximum absolute atomic E-state index is 12.0. The number of carbonyl (C=O) groups is 1. The molecule has 1 aliphatic rings. The Hall–Kier alpha value is -0.820. The van der Waals surface area contributed by atoms with Crippen LogP contribution < -0.4 is 5.73 Å². The van der Waals surface area contributed by atoms with Crippen LogP contribution in [0.15, 0.2) is 0 Å². The summed E-state index contributed by atoms with van der Waals surface area (Å²) in [6.07, 6.45) is -0.841. The Kier molecular flexibility index (Phi) is 6.75. The fraction of sp³-hybridized carbons (Fsp3) is 0.923. The summed E-state index contributed by atoms with van der Waals surface area (Å²) in [6, 6.07) is 0.366. The van der Waals surface area contributed by atoms with E-state index >= 15 is 0 Å². The van der Waals surface area contributed by atoms with Crippen LogP contribution in [-0.2, 0) is 9.53 Å². The van der Waals surface area contributed by atoms with Gasteiger partial charge in [0.2, 0.25) is 5.91 Å². The van der Waals surface area contributed by atoms with Gasteiger partial charge in [-0.15, -0.1) is 0 Å². The average molecular weight is 296 g/mol. The molecule has 0 aromatic rings. The van der Waals surface area contributed by atoms with Crippen molar-refractivity contribution >= 4 is 5.91 Å². The molecule has 0 radical (unpaired) electrons. The van der Waals surface area contributed by atoms with E-state index in [1.54, 1.807) is 4.90 Å². The van der Waals surface area contributed by atoms with Gasteiger partial charge in [-0.05, 0) is 32.6 Å². The minimum Gasteiger partial charge on any atom is -0.372 e. The van der Waals surface area contributed by atoms with Crippen LogP contribution in [-0.4, -0.2) is 48.8 Å². The third-order valence-electron chi connectivity index (χ3n) is 3.57. The van der Waals surface area contributed by atoms with Gasteiger partial charge in [0.25, 0.3) is 0 Å². The van der Waals surface area contributed by atoms with E-state index in [4.69, 9.17) is 5.73 Å². The highest BCUT2D eigenvalue weighted by Gasteiger charge is 2.28. The summed E-state index contributed by atoms with van der Waals surface area (Å²) in [7, 11) is 0. The highest BCUT2D eigenvalue weighted by Crippen LogP contribution is 2.22. The lowest BCUT2D eigenvalue weighted by Gasteiger charge is -2.35. The van der Waals surface area contributed by atoms with Crippen molar-refractivity contribution in [2.75, 3.05) is 19.8 Å². The van der Waals surface area contributed by atoms with Crippen LogP contribution in [0, 0.1) is 0 Å². The van der Waals surface area contributed by atoms with E-state index in [0.29, 0.717) is 6.54 Å². The summed E-state index contributed by atoms with van der Waals surface area (Å²) >= 11 is 0. The summed E-state index contributed by atoms with van der Waals surface area (Å²) in [4.78, 5) is 13.8. The van der Waals surface area contributed by atoms with E-state index in [1.165, 1.54) is 0 Å². The maximum atomic E-state index is 12.0. The van der Waals surface area contributed by atoms with Gasteiger partial charge in [0, 0.05) is 18.6 Å². The molecule has 0 spiro atoms. The third kappa shape index (κ3) is 6.09. The zero-order chi connectivity index (χ0) is 15.2. The largest absolute Gasteiger partial charge is 0.411 e. The van der Waals surface area contributed by atoms with Gasteiger partial charge in [-0.1, -0.05) is 0 Å². The zero-order valence-electron chi connectivity index (χ0n) is 11.8. The second kappa shape index (κ2) is 7.83. The van der Waals surface area contributed by atoms with Gasteiger partial charge in [-0.3, -0.25) is 4.79 Å². The first-order valence-corrected chi connectivity index (χ1v) is 7.03. The van der Waals surface area contributed by atoms with E-state index < -0.39 is 12.8 Å². The molecule has 7 heteroatoms. The molecule has 1 fully saturated rings. The predicted octanol–water partition coefficient (Wildman–Crippen LogP) is 2.07. The lowest BCUT2D eigenvalue weighted by molar-refractivity contribution is -0.175. The van der Waals surface area contributed by atoms with Crippen LogP contribution in [0.4, 0.5) is 13.2 Å². The van der Waals surface area contributed by atoms with Crippen LogP contribution in [0.5, 0.6) is 0 Å². The molecule has 0 saturated heterocycles. The molecule has 0 unspecified atom stereocenters. The zero-order valence-corrected chi connectivity index (χ0v) is 11.8. The number of ether oxygens (including phenoxy) is 1. The topological polar surface area (TPSA) is 55.6 Å². The molecule has 0 bridgehead atoms. The summed E-state index contributed by atoms with van der Waals surface area (Å²) in [5.41, 5.74) is 5.82. The fourth-order valence-corrected chi connectivity index (χ4v) is 2.54. The molecular weight excluding hydrogens is 273 g/mol. The number of halogens is 3. The van der Waals surface area contributed by atoms with Gasteiger partial charge in [-0.25, -0.2) is 0 Å². The van der Waals surface area contributed by atoms with Gasteiger partial charge < -0.3 is 15.4 Å². The number of hydrogen-bond acceptors (Lipinski definition) is 3. The normalized spacial score (nSPS) is 23.6. The van der Waals surface area contributed by atoms with E-state index in [-0.39, 0.29) is 31.0 Å². The van der Waals surface area contributed by atoms with Crippen molar-refractivity contribution in [3.05, 3.63) is 0 Å². The van der Waals surface area contributed by atoms with Crippen molar-refractivity contribution in [2.24, 2.45) is 5.73 Å². The second-order valence-corrected chi connectivity index (χ2v) is 5.17. The number of hydrogen-bond donors (Lipinski definition) is 1. The Morgan fingerprint density at radius 1 is 1.30 bits per heavy atom. The summed E-state index contributed by atoms with van der Waals surface area (Å²) < 4.78 is 40.2. The minimum atomic E-state index is -4.34. The molecule has 0 heterocycles. The molecule has 118 valence electrons. The quantitative estimate of drug-likeness (QED) is 0.763. The molecule has 0 aromatic carbocycles. The fourth-order valence-electron chi connectivity index (χ4n) is 2.54. The number of rotatable bonds is 6. The number of nitrogens with two attached hydrogens (primary N) is 1. The van der Waals surface area contributed by atoms with Crippen molar-refractivity contribution in [3.8, 4) is 0 Å². The minimum absolute atomic E-state index is 0.00747. The van der Waals surface area contributed by atoms with E-state index in [0.717, 1.165) is 25.7 Å². The molecule has 20 heavy (non-hydrogen) atoms. The Morgan fingerprint density at radius 3 is 2.40 bits per heavy atom. The lowest BCUT2D eigenvalue weighted by atomic mass is 9.90. The van der Waals surface area contributed by atoms with E-state index in [1.807, 2.05) is 6.92 Å². The van der Waals surface area contributed by atoms with Crippen molar-refractivity contribution < 1.29 is 22.7 Å². The van der Waals surface area contributed by atoms with E-state index in [9.17, 15) is 18.0 Å². The first-order chi connectivity index (χ1) is 9.33. The van der Waals surface area contributed by atoms with Gasteiger partial charge in [0.1, 0.15) is 6.61 Å². The van der Waals surface area contributed by atoms with Gasteiger partial charge in [0.05, 0.1) is 13.0 Å². The second-order valence-electron chi connectivity index (χ2n) is 5.17. The first-order valence-electron chi connectivity index (χ1n) is 7.03. The Labute approximate surface area is 117 Å². The summed E-state index contributed by atoms with van der Waals surface area (Å²) in [5.74, 6) is -0.143. The molecule has 4 nitrogen and oxygen atoms in total. The summed E-state index contributed by atoms with van der Waals surface area (Å²) in [5, 5.41) is 0. The predicted molar refractivity (Wildman–Crippen MR) is 69.1 cm³/mol. The molecule has 0 aromatic heterocycles. The molecule has 0 aliphatic heterocycles. The Morgan fingerprint density at radius 2 is 1.90 bits per heavy atom. The lowest BCUT2D eigenvalue weighted by Crippen LogP contribution is -2.44. The van der Waals surface area contributed by atoms with Crippen LogP contribution in [0.1, 0.15) is 39.0 Å². The average Bonchev–Trinajstić information content (AvgIpc) is 2.37. The van der Waals surface area contributed by atoms with Gasteiger partial charge in [0.15, 0.2) is 0 Å². The van der Waals surface area contributed by atoms with Crippen LogP contribution in [0.25, 0.3) is 0 Å². The monoisotopic (exact) mass is 296 g/mol. The number of alkyl halides is 3. The summed E-state index contributed by atoms with van der Waals surface area (Å²) in [6.45, 7) is 0.951. The first kappa shape index (κ1) is 17.2. The molecule has 2 N–H and O–H groups in total. The highest BCUT2D eigenvalue weighted by atomic mass is 19.4. The number of amides is 1. The molecule has 1 rings (SSSR count). The molecule has 1 amide bonds. The van der Waals surface area contributed by atoms with Crippen LogP contribution in [0.2, 0.25) is 0 Å². The van der Waals surface area contributed by atoms with Crippen LogP contribution >= 0.6 is 0 Å². The number of carbonyl (C=O) groups excluding carboxylic acids is 1. The third-order valence-corrected chi connectivity index (χ3v) is 3.57. The maximum Gasteiger partial charge on any atom is 0.411 e. The Bertz CT molecular complexity index is 302.